The van der Waals surface area contributed by atoms with E-state index >= 15 is 0 Å². The lowest BCUT2D eigenvalue weighted by atomic mass is 9.78. The molecule has 21 heavy (non-hydrogen) atoms. The normalized spacial score (nSPS) is 20.9. The number of pyridine rings is 1. The first-order valence-electron chi connectivity index (χ1n) is 6.64. The van der Waals surface area contributed by atoms with E-state index in [-0.39, 0.29) is 0 Å². The Morgan fingerprint density at radius 3 is 2.48 bits per heavy atom. The maximum absolute atomic E-state index is 13.7. The largest absolute Gasteiger partial charge is 0.491 e. The minimum absolute atomic E-state index is 0.293. The molecular weight excluding hydrogens is 311 g/mol. The molecule has 0 bridgehead atoms. The Labute approximate surface area is 135 Å². The van der Waals surface area contributed by atoms with Crippen molar-refractivity contribution in [2.75, 3.05) is 5.75 Å². The minimum Gasteiger partial charge on any atom is -0.400 e. The van der Waals surface area contributed by atoms with Gasteiger partial charge in [-0.15, -0.1) is 0 Å². The average Bonchev–Trinajstić information content (AvgIpc) is 2.59. The first-order chi connectivity index (χ1) is 9.66. The fraction of sp³-hybridized carbons (Fsp3) is 0.500. The van der Waals surface area contributed by atoms with Gasteiger partial charge in [0.25, 0.3) is 0 Å². The molecule has 2 heterocycles. The van der Waals surface area contributed by atoms with Crippen LogP contribution in [0.25, 0.3) is 6.08 Å². The van der Waals surface area contributed by atoms with Gasteiger partial charge in [-0.2, -0.15) is 17.0 Å². The van der Waals surface area contributed by atoms with Crippen LogP contribution in [0.1, 0.15) is 33.3 Å². The zero-order valence-electron chi connectivity index (χ0n) is 12.5. The number of aromatic nitrogens is 1. The number of hydrogen-bond acceptors (Lipinski definition) is 4. The molecule has 0 N–H and O–H groups in total. The van der Waals surface area contributed by atoms with E-state index in [1.807, 2.05) is 27.7 Å². The van der Waals surface area contributed by atoms with Crippen LogP contribution in [-0.2, 0) is 9.31 Å². The van der Waals surface area contributed by atoms with Gasteiger partial charge >= 0.3 is 7.12 Å². The summed E-state index contributed by atoms with van der Waals surface area (Å²) in [5.74, 6) is -0.210. The lowest BCUT2D eigenvalue weighted by Crippen LogP contribution is -2.41. The second kappa shape index (κ2) is 5.91. The third-order valence-corrected chi connectivity index (χ3v) is 4.48. The lowest BCUT2D eigenvalue weighted by Gasteiger charge is -2.32. The van der Waals surface area contributed by atoms with E-state index in [4.69, 9.17) is 20.9 Å². The van der Waals surface area contributed by atoms with Crippen molar-refractivity contribution in [1.82, 2.24) is 4.98 Å². The molecule has 1 aliphatic rings. The number of hydrogen-bond donors (Lipinski definition) is 1. The van der Waals surface area contributed by atoms with Crippen molar-refractivity contribution in [3.63, 3.8) is 0 Å². The maximum atomic E-state index is 13.7. The highest BCUT2D eigenvalue weighted by molar-refractivity contribution is 7.80. The number of halogens is 2. The summed E-state index contributed by atoms with van der Waals surface area (Å²) in [5, 5.41) is 0.370. The van der Waals surface area contributed by atoms with Crippen LogP contribution in [0.4, 0.5) is 4.39 Å². The standard InChI is InChI=1S/C14H18BClFNO2S/c1-13(2)14(3,4)20-15(19-13)10(8-21)5-9-6-11(16)7-18-12(9)17/h5-7,21H,8H2,1-4H3. The topological polar surface area (TPSA) is 31.4 Å². The van der Waals surface area contributed by atoms with Gasteiger partial charge in [0.2, 0.25) is 5.95 Å². The molecule has 0 atom stereocenters. The van der Waals surface area contributed by atoms with Crippen LogP contribution in [0, 0.1) is 5.95 Å². The van der Waals surface area contributed by atoms with Crippen molar-refractivity contribution < 1.29 is 13.7 Å². The highest BCUT2D eigenvalue weighted by atomic mass is 35.5. The zero-order chi connectivity index (χ0) is 15.8. The van der Waals surface area contributed by atoms with Crippen LogP contribution in [0.15, 0.2) is 17.7 Å². The Kier molecular flexibility index (Phi) is 4.73. The first kappa shape index (κ1) is 16.8. The molecule has 114 valence electrons. The Morgan fingerprint density at radius 2 is 1.95 bits per heavy atom. The van der Waals surface area contributed by atoms with Crippen molar-refractivity contribution in [2.45, 2.75) is 38.9 Å². The second-order valence-corrected chi connectivity index (χ2v) is 6.75. The van der Waals surface area contributed by atoms with Crippen LogP contribution in [0.3, 0.4) is 0 Å². The molecule has 0 aromatic carbocycles. The van der Waals surface area contributed by atoms with Gasteiger partial charge in [-0.1, -0.05) is 17.7 Å². The van der Waals surface area contributed by atoms with Crippen molar-refractivity contribution >= 4 is 37.4 Å². The second-order valence-electron chi connectivity index (χ2n) is 6.00. The summed E-state index contributed by atoms with van der Waals surface area (Å²) in [7, 11) is -0.564. The van der Waals surface area contributed by atoms with Gasteiger partial charge in [-0.3, -0.25) is 0 Å². The summed E-state index contributed by atoms with van der Waals surface area (Å²) in [6.07, 6.45) is 2.90. The minimum atomic E-state index is -0.588. The molecule has 0 spiro atoms. The van der Waals surface area contributed by atoms with Gasteiger partial charge < -0.3 is 9.31 Å². The van der Waals surface area contributed by atoms with Crippen molar-refractivity contribution in [2.24, 2.45) is 0 Å². The highest BCUT2D eigenvalue weighted by Crippen LogP contribution is 2.39. The fourth-order valence-corrected chi connectivity index (χ4v) is 2.33. The van der Waals surface area contributed by atoms with Gasteiger partial charge in [0, 0.05) is 17.5 Å². The molecule has 0 aliphatic carbocycles. The third kappa shape index (κ3) is 3.45. The highest BCUT2D eigenvalue weighted by Gasteiger charge is 2.52. The number of rotatable bonds is 3. The first-order valence-corrected chi connectivity index (χ1v) is 7.65. The van der Waals surface area contributed by atoms with Gasteiger partial charge in [-0.25, -0.2) is 4.98 Å². The van der Waals surface area contributed by atoms with Crippen LogP contribution >= 0.6 is 24.2 Å². The molecule has 1 aliphatic heterocycles. The molecule has 3 nitrogen and oxygen atoms in total. The molecule has 1 fully saturated rings. The number of thiol groups is 1. The smallest absolute Gasteiger partial charge is 0.400 e. The van der Waals surface area contributed by atoms with Crippen molar-refractivity contribution in [3.8, 4) is 0 Å². The molecule has 7 heteroatoms. The molecule has 1 aromatic rings. The maximum Gasteiger partial charge on any atom is 0.491 e. The van der Waals surface area contributed by atoms with E-state index in [0.717, 1.165) is 5.47 Å². The van der Waals surface area contributed by atoms with Gasteiger partial charge in [0.1, 0.15) is 0 Å². The quantitative estimate of drug-likeness (QED) is 0.520. The monoisotopic (exact) mass is 329 g/mol. The van der Waals surface area contributed by atoms with E-state index in [0.29, 0.717) is 16.3 Å². The fourth-order valence-electron chi connectivity index (χ4n) is 1.92. The molecule has 0 radical (unpaired) electrons. The summed E-state index contributed by atoms with van der Waals surface area (Å²) in [6.45, 7) is 7.85. The molecule has 0 unspecified atom stereocenters. The Hall–Kier alpha value is -0.555. The van der Waals surface area contributed by atoms with E-state index in [2.05, 4.69) is 17.6 Å². The average molecular weight is 330 g/mol. The molecular formula is C14H18BClFNO2S. The third-order valence-electron chi connectivity index (χ3n) is 3.91. The van der Waals surface area contributed by atoms with Crippen LogP contribution < -0.4 is 0 Å². The lowest BCUT2D eigenvalue weighted by molar-refractivity contribution is 0.00578. The summed E-state index contributed by atoms with van der Waals surface area (Å²) < 4.78 is 25.6. The van der Waals surface area contributed by atoms with Gasteiger partial charge in [0.05, 0.1) is 16.2 Å². The van der Waals surface area contributed by atoms with Crippen molar-refractivity contribution in [1.29, 1.82) is 0 Å². The molecule has 2 rings (SSSR count). The van der Waals surface area contributed by atoms with Crippen LogP contribution in [0.5, 0.6) is 0 Å². The van der Waals surface area contributed by atoms with E-state index in [9.17, 15) is 4.39 Å². The van der Waals surface area contributed by atoms with E-state index < -0.39 is 24.3 Å². The van der Waals surface area contributed by atoms with Crippen LogP contribution in [0.2, 0.25) is 5.02 Å². The number of nitrogens with zero attached hydrogens (tertiary/aromatic N) is 1. The molecule has 0 amide bonds. The SMILES string of the molecule is CC1(C)OB(C(=Cc2cc(Cl)cnc2F)CS)OC1(C)C. The predicted molar refractivity (Wildman–Crippen MR) is 87.1 cm³/mol. The summed E-state index contributed by atoms with van der Waals surface area (Å²) in [4.78, 5) is 3.60. The molecule has 1 saturated heterocycles. The van der Waals surface area contributed by atoms with Gasteiger partial charge in [-0.05, 0) is 39.2 Å². The Morgan fingerprint density at radius 1 is 1.38 bits per heavy atom. The van der Waals surface area contributed by atoms with Gasteiger partial charge in [0.15, 0.2) is 0 Å². The summed E-state index contributed by atoms with van der Waals surface area (Å²) in [5.41, 5.74) is 0.108. The molecule has 0 saturated carbocycles. The van der Waals surface area contributed by atoms with Crippen LogP contribution in [-0.4, -0.2) is 29.1 Å². The summed E-state index contributed by atoms with van der Waals surface area (Å²) >= 11 is 10.1. The van der Waals surface area contributed by atoms with E-state index in [1.54, 1.807) is 6.08 Å². The van der Waals surface area contributed by atoms with Crippen molar-refractivity contribution in [3.05, 3.63) is 34.3 Å². The summed E-state index contributed by atoms with van der Waals surface area (Å²) in [6, 6.07) is 1.51. The Balaban J connectivity index is 2.33. The zero-order valence-corrected chi connectivity index (χ0v) is 14.1. The predicted octanol–water partition coefficient (Wildman–Crippen LogP) is 3.82. The molecule has 1 aromatic heterocycles. The van der Waals surface area contributed by atoms with E-state index in [1.165, 1.54) is 12.3 Å². The Bertz CT molecular complexity index is 564.